The Kier molecular flexibility index (Phi) is 4.40. The third-order valence-electron chi connectivity index (χ3n) is 4.44. The van der Waals surface area contributed by atoms with Gasteiger partial charge in [0.15, 0.2) is 0 Å². The van der Waals surface area contributed by atoms with Crippen molar-refractivity contribution in [1.82, 2.24) is 14.7 Å². The number of halogens is 1. The van der Waals surface area contributed by atoms with Crippen LogP contribution in [0.1, 0.15) is 41.7 Å². The Morgan fingerprint density at radius 3 is 2.71 bits per heavy atom. The molecule has 128 valence electrons. The highest BCUT2D eigenvalue weighted by Gasteiger charge is 2.40. The Morgan fingerprint density at radius 1 is 1.38 bits per heavy atom. The molecule has 1 aliphatic heterocycles. The van der Waals surface area contributed by atoms with Gasteiger partial charge in [0.05, 0.1) is 24.4 Å². The molecule has 2 heterocycles. The highest BCUT2D eigenvalue weighted by Crippen LogP contribution is 2.34. The molecule has 1 atom stereocenters. The average molecular weight is 348 g/mol. The maximum atomic E-state index is 13.1. The topological polar surface area (TPSA) is 47.4 Å². The molecular weight excluding hydrogens is 326 g/mol. The molecule has 24 heavy (non-hydrogen) atoms. The number of carbonyl (C=O) groups excluding carboxylic acids is 1. The second-order valence-corrected chi connectivity index (χ2v) is 7.25. The van der Waals surface area contributed by atoms with Gasteiger partial charge in [-0.3, -0.25) is 9.48 Å². The van der Waals surface area contributed by atoms with Crippen molar-refractivity contribution in [3.05, 3.63) is 52.3 Å². The zero-order valence-electron chi connectivity index (χ0n) is 14.4. The molecule has 1 aliphatic rings. The normalized spacial score (nSPS) is 20.2. The summed E-state index contributed by atoms with van der Waals surface area (Å²) >= 11 is 6.30. The predicted octanol–water partition coefficient (Wildman–Crippen LogP) is 3.37. The van der Waals surface area contributed by atoms with Gasteiger partial charge in [0.1, 0.15) is 11.8 Å². The number of amides is 1. The van der Waals surface area contributed by atoms with E-state index >= 15 is 0 Å². The summed E-state index contributed by atoms with van der Waals surface area (Å²) in [6, 6.07) is 9.43. The van der Waals surface area contributed by atoms with Crippen molar-refractivity contribution in [2.24, 2.45) is 7.05 Å². The van der Waals surface area contributed by atoms with E-state index in [1.165, 1.54) is 0 Å². The molecule has 1 amide bonds. The Morgan fingerprint density at radius 2 is 2.08 bits per heavy atom. The molecule has 1 saturated heterocycles. The number of ether oxygens (including phenoxy) is 1. The number of morpholine rings is 1. The number of hydrogen-bond acceptors (Lipinski definition) is 3. The summed E-state index contributed by atoms with van der Waals surface area (Å²) < 4.78 is 7.64. The summed E-state index contributed by atoms with van der Waals surface area (Å²) in [6.07, 6.45) is -0.231. The van der Waals surface area contributed by atoms with E-state index in [-0.39, 0.29) is 12.0 Å². The summed E-state index contributed by atoms with van der Waals surface area (Å²) in [4.78, 5) is 14.9. The number of carbonyl (C=O) groups is 1. The SMILES string of the molecule is Cc1cc(C(=O)N2C[C@H](c3ccccc3Cl)OCC2(C)C)n(C)n1. The van der Waals surface area contributed by atoms with Crippen LogP contribution in [0.2, 0.25) is 5.02 Å². The third-order valence-corrected chi connectivity index (χ3v) is 4.78. The summed E-state index contributed by atoms with van der Waals surface area (Å²) in [5.41, 5.74) is 1.93. The number of aryl methyl sites for hydroxylation is 2. The largest absolute Gasteiger partial charge is 0.369 e. The molecule has 0 spiro atoms. The first-order valence-electron chi connectivity index (χ1n) is 7.98. The Labute approximate surface area is 147 Å². The van der Waals surface area contributed by atoms with Crippen LogP contribution in [0.5, 0.6) is 0 Å². The summed E-state index contributed by atoms with van der Waals surface area (Å²) in [6.45, 7) is 6.81. The van der Waals surface area contributed by atoms with Crippen molar-refractivity contribution < 1.29 is 9.53 Å². The van der Waals surface area contributed by atoms with Gasteiger partial charge in [-0.2, -0.15) is 5.10 Å². The minimum absolute atomic E-state index is 0.0385. The van der Waals surface area contributed by atoms with Crippen LogP contribution in [0.3, 0.4) is 0 Å². The third kappa shape index (κ3) is 3.06. The molecule has 0 saturated carbocycles. The van der Waals surface area contributed by atoms with Gasteiger partial charge >= 0.3 is 0 Å². The van der Waals surface area contributed by atoms with Crippen molar-refractivity contribution >= 4 is 17.5 Å². The molecule has 0 bridgehead atoms. The highest BCUT2D eigenvalue weighted by atomic mass is 35.5. The number of rotatable bonds is 2. The zero-order valence-corrected chi connectivity index (χ0v) is 15.2. The quantitative estimate of drug-likeness (QED) is 0.836. The van der Waals surface area contributed by atoms with Gasteiger partial charge in [-0.25, -0.2) is 0 Å². The van der Waals surface area contributed by atoms with Gasteiger partial charge < -0.3 is 9.64 Å². The lowest BCUT2D eigenvalue weighted by molar-refractivity contribution is -0.0849. The minimum Gasteiger partial charge on any atom is -0.369 e. The van der Waals surface area contributed by atoms with E-state index in [9.17, 15) is 4.79 Å². The van der Waals surface area contributed by atoms with E-state index in [4.69, 9.17) is 16.3 Å². The lowest BCUT2D eigenvalue weighted by Crippen LogP contribution is -2.56. The van der Waals surface area contributed by atoms with Crippen molar-refractivity contribution in [2.45, 2.75) is 32.4 Å². The van der Waals surface area contributed by atoms with Crippen LogP contribution >= 0.6 is 11.6 Å². The van der Waals surface area contributed by atoms with E-state index in [0.29, 0.717) is 23.9 Å². The summed E-state index contributed by atoms with van der Waals surface area (Å²) in [7, 11) is 1.79. The predicted molar refractivity (Wildman–Crippen MR) is 93.2 cm³/mol. The molecule has 1 fully saturated rings. The number of nitrogens with zero attached hydrogens (tertiary/aromatic N) is 3. The van der Waals surface area contributed by atoms with Crippen LogP contribution in [-0.2, 0) is 11.8 Å². The van der Waals surface area contributed by atoms with Gasteiger partial charge in [0, 0.05) is 17.6 Å². The van der Waals surface area contributed by atoms with Gasteiger partial charge in [-0.1, -0.05) is 29.8 Å². The zero-order chi connectivity index (χ0) is 17.5. The fraction of sp³-hybridized carbons (Fsp3) is 0.444. The van der Waals surface area contributed by atoms with Crippen LogP contribution in [0, 0.1) is 6.92 Å². The maximum absolute atomic E-state index is 13.1. The first kappa shape index (κ1) is 17.0. The first-order valence-corrected chi connectivity index (χ1v) is 8.36. The lowest BCUT2D eigenvalue weighted by Gasteiger charge is -2.45. The summed E-state index contributed by atoms with van der Waals surface area (Å²) in [5.74, 6) is -0.0385. The van der Waals surface area contributed by atoms with Crippen LogP contribution in [0.25, 0.3) is 0 Å². The molecule has 6 heteroatoms. The van der Waals surface area contributed by atoms with E-state index in [2.05, 4.69) is 5.10 Å². The second-order valence-electron chi connectivity index (χ2n) is 6.84. The molecule has 2 aromatic rings. The second kappa shape index (κ2) is 6.22. The van der Waals surface area contributed by atoms with Crippen molar-refractivity contribution in [1.29, 1.82) is 0 Å². The fourth-order valence-corrected chi connectivity index (χ4v) is 3.34. The van der Waals surface area contributed by atoms with Crippen LogP contribution in [-0.4, -0.2) is 39.3 Å². The van der Waals surface area contributed by atoms with Gasteiger partial charge in [0.2, 0.25) is 0 Å². The lowest BCUT2D eigenvalue weighted by atomic mass is 9.97. The van der Waals surface area contributed by atoms with E-state index in [1.807, 2.05) is 56.0 Å². The molecule has 1 aromatic heterocycles. The van der Waals surface area contributed by atoms with Crippen molar-refractivity contribution in [3.8, 4) is 0 Å². The average Bonchev–Trinajstić information content (AvgIpc) is 2.86. The molecule has 0 N–H and O–H groups in total. The van der Waals surface area contributed by atoms with E-state index < -0.39 is 5.54 Å². The summed E-state index contributed by atoms with van der Waals surface area (Å²) in [5, 5.41) is 4.94. The molecule has 0 radical (unpaired) electrons. The molecule has 0 aliphatic carbocycles. The van der Waals surface area contributed by atoms with Crippen LogP contribution < -0.4 is 0 Å². The molecule has 5 nitrogen and oxygen atoms in total. The van der Waals surface area contributed by atoms with Crippen molar-refractivity contribution in [3.63, 3.8) is 0 Å². The van der Waals surface area contributed by atoms with Crippen molar-refractivity contribution in [2.75, 3.05) is 13.2 Å². The van der Waals surface area contributed by atoms with Crippen LogP contribution in [0.4, 0.5) is 0 Å². The van der Waals surface area contributed by atoms with Gasteiger partial charge in [0.25, 0.3) is 5.91 Å². The molecule has 3 rings (SSSR count). The van der Waals surface area contributed by atoms with E-state index in [1.54, 1.807) is 11.7 Å². The molecular formula is C18H22ClN3O2. The number of benzene rings is 1. The van der Waals surface area contributed by atoms with Gasteiger partial charge in [-0.15, -0.1) is 0 Å². The molecule has 0 unspecified atom stereocenters. The van der Waals surface area contributed by atoms with Gasteiger partial charge in [-0.05, 0) is 32.9 Å². The highest BCUT2D eigenvalue weighted by molar-refractivity contribution is 6.31. The fourth-order valence-electron chi connectivity index (χ4n) is 3.08. The Balaban J connectivity index is 1.91. The number of aromatic nitrogens is 2. The van der Waals surface area contributed by atoms with Crippen LogP contribution in [0.15, 0.2) is 30.3 Å². The number of hydrogen-bond donors (Lipinski definition) is 0. The minimum atomic E-state index is -0.396. The Bertz CT molecular complexity index is 769. The van der Waals surface area contributed by atoms with E-state index in [0.717, 1.165) is 11.3 Å². The first-order chi connectivity index (χ1) is 11.3. The standard InChI is InChI=1S/C18H22ClN3O2/c1-12-9-15(21(4)20-12)17(23)22-10-16(24-11-18(22,2)3)13-7-5-6-8-14(13)19/h5-9,16H,10-11H2,1-4H3/t16-/m1/s1. The monoisotopic (exact) mass is 347 g/mol. The Hall–Kier alpha value is -1.85. The smallest absolute Gasteiger partial charge is 0.272 e. The molecule has 1 aromatic carbocycles. The maximum Gasteiger partial charge on any atom is 0.272 e.